The third-order valence-electron chi connectivity index (χ3n) is 3.95. The highest BCUT2D eigenvalue weighted by molar-refractivity contribution is 7.91. The van der Waals surface area contributed by atoms with Gasteiger partial charge in [0.15, 0.2) is 21.3 Å². The fraction of sp³-hybridized carbons (Fsp3) is 0.467. The van der Waals surface area contributed by atoms with Gasteiger partial charge in [-0.3, -0.25) is 9.59 Å². The van der Waals surface area contributed by atoms with E-state index in [9.17, 15) is 18.0 Å². The number of sulfone groups is 1. The second-order valence-electron chi connectivity index (χ2n) is 5.81. The van der Waals surface area contributed by atoms with Crippen molar-refractivity contribution < 1.29 is 27.5 Å². The van der Waals surface area contributed by atoms with E-state index in [2.05, 4.69) is 5.32 Å². The molecule has 1 saturated heterocycles. The summed E-state index contributed by atoms with van der Waals surface area (Å²) >= 11 is 0. The Bertz CT molecular complexity index is 776. The number of carbonyl (C=O) groups is 2. The first-order valence-electron chi connectivity index (χ1n) is 7.51. The lowest BCUT2D eigenvalue weighted by Gasteiger charge is -2.22. The van der Waals surface area contributed by atoms with Gasteiger partial charge in [-0.2, -0.15) is 0 Å². The summed E-state index contributed by atoms with van der Waals surface area (Å²) in [6, 6.07) is 4.59. The van der Waals surface area contributed by atoms with Crippen LogP contribution >= 0.6 is 0 Å². The first kappa shape index (κ1) is 16.6. The van der Waals surface area contributed by atoms with Crippen molar-refractivity contribution in [2.45, 2.75) is 19.4 Å². The van der Waals surface area contributed by atoms with E-state index in [1.807, 2.05) is 0 Å². The molecule has 3 rings (SSSR count). The van der Waals surface area contributed by atoms with Crippen molar-refractivity contribution in [2.75, 3.05) is 29.7 Å². The van der Waals surface area contributed by atoms with Crippen LogP contribution in [0.3, 0.4) is 0 Å². The Morgan fingerprint density at radius 2 is 2.04 bits per heavy atom. The number of anilines is 1. The zero-order valence-corrected chi connectivity index (χ0v) is 14.0. The molecule has 1 N–H and O–H groups in total. The van der Waals surface area contributed by atoms with Crippen molar-refractivity contribution in [1.29, 1.82) is 0 Å². The average molecular weight is 354 g/mol. The third kappa shape index (κ3) is 3.61. The molecule has 1 fully saturated rings. The molecule has 1 aromatic rings. The van der Waals surface area contributed by atoms with Gasteiger partial charge in [-0.05, 0) is 18.6 Å². The molecule has 2 aliphatic rings. The second-order valence-corrected chi connectivity index (χ2v) is 8.04. The van der Waals surface area contributed by atoms with Gasteiger partial charge in [0, 0.05) is 24.7 Å². The molecule has 24 heavy (non-hydrogen) atoms. The van der Waals surface area contributed by atoms with Crippen molar-refractivity contribution in [3.05, 3.63) is 18.2 Å². The Labute approximate surface area is 139 Å². The van der Waals surface area contributed by atoms with Gasteiger partial charge >= 0.3 is 0 Å². The Morgan fingerprint density at radius 3 is 2.71 bits per heavy atom. The summed E-state index contributed by atoms with van der Waals surface area (Å²) in [5.41, 5.74) is 0.515. The number of rotatable bonds is 4. The predicted octanol–water partition coefficient (Wildman–Crippen LogP) is 0.0715. The molecule has 0 bridgehead atoms. The highest BCUT2D eigenvalue weighted by Crippen LogP contribution is 2.35. The summed E-state index contributed by atoms with van der Waals surface area (Å²) in [4.78, 5) is 25.4. The molecule has 2 amide bonds. The minimum atomic E-state index is -3.07. The monoisotopic (exact) mass is 354 g/mol. The quantitative estimate of drug-likeness (QED) is 0.821. The molecule has 9 heteroatoms. The number of hydrogen-bond donors (Lipinski definition) is 1. The van der Waals surface area contributed by atoms with Crippen LogP contribution in [0.1, 0.15) is 13.3 Å². The number of fused-ring (bicyclic) bond motifs is 1. The Morgan fingerprint density at radius 1 is 1.29 bits per heavy atom. The summed E-state index contributed by atoms with van der Waals surface area (Å²) in [5.74, 6) is 0.427. The van der Waals surface area contributed by atoms with Crippen LogP contribution in [0, 0.1) is 0 Å². The van der Waals surface area contributed by atoms with E-state index in [0.717, 1.165) is 0 Å². The molecular formula is C15H18N2O6S. The van der Waals surface area contributed by atoms with Crippen LogP contribution < -0.4 is 19.7 Å². The standard InChI is InChI=1S/C15H18N2O6S/c1-10(18)17(12-2-3-13-14(6-12)23-9-22-13)7-15(19)16-11-4-5-24(20,21)8-11/h2-3,6,11H,4-5,7-9H2,1H3,(H,16,19). The van der Waals surface area contributed by atoms with Crippen molar-refractivity contribution in [2.24, 2.45) is 0 Å². The van der Waals surface area contributed by atoms with E-state index < -0.39 is 21.8 Å². The van der Waals surface area contributed by atoms with Crippen LogP contribution in [-0.2, 0) is 19.4 Å². The van der Waals surface area contributed by atoms with Gasteiger partial charge in [0.2, 0.25) is 18.6 Å². The van der Waals surface area contributed by atoms with Gasteiger partial charge in [0.1, 0.15) is 6.54 Å². The summed E-state index contributed by atoms with van der Waals surface area (Å²) in [7, 11) is -3.07. The highest BCUT2D eigenvalue weighted by Gasteiger charge is 2.29. The van der Waals surface area contributed by atoms with Gasteiger partial charge < -0.3 is 19.7 Å². The zero-order valence-electron chi connectivity index (χ0n) is 13.1. The number of hydrogen-bond acceptors (Lipinski definition) is 6. The fourth-order valence-electron chi connectivity index (χ4n) is 2.76. The number of carbonyl (C=O) groups excluding carboxylic acids is 2. The minimum Gasteiger partial charge on any atom is -0.454 e. The molecule has 0 spiro atoms. The lowest BCUT2D eigenvalue weighted by Crippen LogP contribution is -2.44. The largest absolute Gasteiger partial charge is 0.454 e. The maximum Gasteiger partial charge on any atom is 0.240 e. The normalized spacial score (nSPS) is 20.6. The second kappa shape index (κ2) is 6.31. The Balaban J connectivity index is 1.68. The van der Waals surface area contributed by atoms with E-state index >= 15 is 0 Å². The van der Waals surface area contributed by atoms with E-state index in [0.29, 0.717) is 23.6 Å². The van der Waals surface area contributed by atoms with Crippen LogP contribution in [0.4, 0.5) is 5.69 Å². The molecule has 0 saturated carbocycles. The molecule has 0 aromatic heterocycles. The van der Waals surface area contributed by atoms with Crippen LogP contribution in [0.5, 0.6) is 11.5 Å². The molecule has 1 unspecified atom stereocenters. The molecule has 8 nitrogen and oxygen atoms in total. The number of nitrogens with zero attached hydrogens (tertiary/aromatic N) is 1. The number of nitrogens with one attached hydrogen (secondary N) is 1. The van der Waals surface area contributed by atoms with E-state index in [1.165, 1.54) is 11.8 Å². The van der Waals surface area contributed by atoms with E-state index in [-0.39, 0.29) is 30.8 Å². The first-order valence-corrected chi connectivity index (χ1v) is 9.34. The van der Waals surface area contributed by atoms with Crippen molar-refractivity contribution >= 4 is 27.3 Å². The maximum absolute atomic E-state index is 12.2. The van der Waals surface area contributed by atoms with Crippen LogP contribution in [0.25, 0.3) is 0 Å². The Kier molecular flexibility index (Phi) is 4.35. The minimum absolute atomic E-state index is 0.0527. The van der Waals surface area contributed by atoms with Crippen molar-refractivity contribution in [3.8, 4) is 11.5 Å². The molecule has 130 valence electrons. The predicted molar refractivity (Wildman–Crippen MR) is 85.8 cm³/mol. The molecule has 1 aromatic carbocycles. The maximum atomic E-state index is 12.2. The summed E-state index contributed by atoms with van der Waals surface area (Å²) in [6.45, 7) is 1.29. The lowest BCUT2D eigenvalue weighted by atomic mass is 10.2. The molecule has 0 radical (unpaired) electrons. The molecule has 1 atom stereocenters. The summed E-state index contributed by atoms with van der Waals surface area (Å²) in [5, 5.41) is 2.67. The van der Waals surface area contributed by atoms with E-state index in [1.54, 1.807) is 18.2 Å². The number of benzene rings is 1. The first-order chi connectivity index (χ1) is 11.3. The topological polar surface area (TPSA) is 102 Å². The molecule has 2 heterocycles. The van der Waals surface area contributed by atoms with Gasteiger partial charge in [-0.25, -0.2) is 8.42 Å². The smallest absolute Gasteiger partial charge is 0.240 e. The van der Waals surface area contributed by atoms with Crippen LogP contribution in [0.2, 0.25) is 0 Å². The van der Waals surface area contributed by atoms with Crippen LogP contribution in [0.15, 0.2) is 18.2 Å². The van der Waals surface area contributed by atoms with Gasteiger partial charge in [-0.1, -0.05) is 0 Å². The molecule has 0 aliphatic carbocycles. The van der Waals surface area contributed by atoms with Crippen molar-refractivity contribution in [3.63, 3.8) is 0 Å². The summed E-state index contributed by atoms with van der Waals surface area (Å²) in [6.07, 6.45) is 0.401. The average Bonchev–Trinajstić information content (AvgIpc) is 3.09. The number of ether oxygens (including phenoxy) is 2. The van der Waals surface area contributed by atoms with Gasteiger partial charge in [0.05, 0.1) is 11.5 Å². The Hall–Kier alpha value is -2.29. The highest BCUT2D eigenvalue weighted by atomic mass is 32.2. The zero-order chi connectivity index (χ0) is 17.3. The van der Waals surface area contributed by atoms with Gasteiger partial charge in [0.25, 0.3) is 0 Å². The van der Waals surface area contributed by atoms with Crippen LogP contribution in [-0.4, -0.2) is 51.1 Å². The SMILES string of the molecule is CC(=O)N(CC(=O)NC1CCS(=O)(=O)C1)c1ccc2c(c1)OCO2. The van der Waals surface area contributed by atoms with E-state index in [4.69, 9.17) is 9.47 Å². The lowest BCUT2D eigenvalue weighted by molar-refractivity contribution is -0.123. The van der Waals surface area contributed by atoms with Gasteiger partial charge in [-0.15, -0.1) is 0 Å². The van der Waals surface area contributed by atoms with Crippen molar-refractivity contribution in [1.82, 2.24) is 5.32 Å². The number of amides is 2. The molecular weight excluding hydrogens is 336 g/mol. The fourth-order valence-corrected chi connectivity index (χ4v) is 4.44. The molecule has 2 aliphatic heterocycles. The summed E-state index contributed by atoms with van der Waals surface area (Å²) < 4.78 is 33.4. The third-order valence-corrected chi connectivity index (χ3v) is 5.72.